The highest BCUT2D eigenvalue weighted by atomic mass is 16.5. The SMILES string of the molecule is CC1CNCC(COc2cnc3ccccc3n2)O1. The molecule has 0 amide bonds. The maximum atomic E-state index is 5.76. The number of hydrogen-bond donors (Lipinski definition) is 1. The van der Waals surface area contributed by atoms with Crippen molar-refractivity contribution in [1.82, 2.24) is 15.3 Å². The van der Waals surface area contributed by atoms with Gasteiger partial charge in [0.05, 0.1) is 23.3 Å². The van der Waals surface area contributed by atoms with Crippen LogP contribution >= 0.6 is 0 Å². The fourth-order valence-corrected chi connectivity index (χ4v) is 2.16. The molecule has 0 radical (unpaired) electrons. The second-order valence-corrected chi connectivity index (χ2v) is 4.73. The number of para-hydroxylation sites is 2. The molecule has 1 aromatic carbocycles. The number of nitrogens with one attached hydrogen (secondary N) is 1. The third kappa shape index (κ3) is 3.00. The van der Waals surface area contributed by atoms with Crippen molar-refractivity contribution in [3.63, 3.8) is 0 Å². The molecule has 1 aliphatic rings. The van der Waals surface area contributed by atoms with E-state index in [9.17, 15) is 0 Å². The molecule has 1 aromatic heterocycles. The van der Waals surface area contributed by atoms with Gasteiger partial charge in [0.1, 0.15) is 12.7 Å². The molecule has 1 fully saturated rings. The molecule has 3 rings (SSSR count). The monoisotopic (exact) mass is 259 g/mol. The maximum absolute atomic E-state index is 5.76. The van der Waals surface area contributed by atoms with E-state index < -0.39 is 0 Å². The second kappa shape index (κ2) is 5.50. The van der Waals surface area contributed by atoms with Crippen LogP contribution in [0.4, 0.5) is 0 Å². The van der Waals surface area contributed by atoms with E-state index in [4.69, 9.17) is 9.47 Å². The van der Waals surface area contributed by atoms with E-state index >= 15 is 0 Å². The van der Waals surface area contributed by atoms with Crippen molar-refractivity contribution >= 4 is 11.0 Å². The van der Waals surface area contributed by atoms with E-state index in [0.29, 0.717) is 12.5 Å². The van der Waals surface area contributed by atoms with Crippen LogP contribution in [0.2, 0.25) is 0 Å². The smallest absolute Gasteiger partial charge is 0.232 e. The Labute approximate surface area is 112 Å². The Balaban J connectivity index is 1.64. The Bertz CT molecular complexity index is 561. The van der Waals surface area contributed by atoms with Crippen molar-refractivity contribution in [2.24, 2.45) is 0 Å². The van der Waals surface area contributed by atoms with Crippen molar-refractivity contribution in [3.05, 3.63) is 30.5 Å². The summed E-state index contributed by atoms with van der Waals surface area (Å²) in [4.78, 5) is 8.73. The topological polar surface area (TPSA) is 56.3 Å². The maximum Gasteiger partial charge on any atom is 0.232 e. The minimum atomic E-state index is 0.0667. The number of hydrogen-bond acceptors (Lipinski definition) is 5. The number of aromatic nitrogens is 2. The average Bonchev–Trinajstić information content (AvgIpc) is 2.45. The molecular weight excluding hydrogens is 242 g/mol. The van der Waals surface area contributed by atoms with Crippen LogP contribution in [-0.2, 0) is 4.74 Å². The number of morpholine rings is 1. The molecule has 2 atom stereocenters. The van der Waals surface area contributed by atoms with E-state index in [2.05, 4.69) is 22.2 Å². The van der Waals surface area contributed by atoms with Crippen LogP contribution in [0.25, 0.3) is 11.0 Å². The molecule has 2 unspecified atom stereocenters. The Morgan fingerprint density at radius 1 is 1.32 bits per heavy atom. The summed E-state index contributed by atoms with van der Waals surface area (Å²) in [5, 5.41) is 3.31. The van der Waals surface area contributed by atoms with Crippen LogP contribution in [0.3, 0.4) is 0 Å². The predicted molar refractivity (Wildman–Crippen MR) is 72.2 cm³/mol. The van der Waals surface area contributed by atoms with Crippen molar-refractivity contribution in [2.75, 3.05) is 19.7 Å². The zero-order valence-corrected chi connectivity index (χ0v) is 10.9. The second-order valence-electron chi connectivity index (χ2n) is 4.73. The molecule has 2 aromatic rings. The van der Waals surface area contributed by atoms with Crippen LogP contribution in [0, 0.1) is 0 Å². The molecule has 100 valence electrons. The Morgan fingerprint density at radius 3 is 3.00 bits per heavy atom. The summed E-state index contributed by atoms with van der Waals surface area (Å²) in [6.45, 7) is 4.25. The van der Waals surface area contributed by atoms with Gasteiger partial charge in [0.25, 0.3) is 0 Å². The molecule has 0 spiro atoms. The lowest BCUT2D eigenvalue weighted by atomic mass is 10.2. The number of benzene rings is 1. The summed E-state index contributed by atoms with van der Waals surface area (Å²) >= 11 is 0. The fraction of sp³-hybridized carbons (Fsp3) is 0.429. The third-order valence-electron chi connectivity index (χ3n) is 3.07. The van der Waals surface area contributed by atoms with Gasteiger partial charge in [0.15, 0.2) is 0 Å². The van der Waals surface area contributed by atoms with E-state index in [1.165, 1.54) is 0 Å². The van der Waals surface area contributed by atoms with Gasteiger partial charge in [-0.2, -0.15) is 0 Å². The normalized spacial score (nSPS) is 23.4. The largest absolute Gasteiger partial charge is 0.474 e. The summed E-state index contributed by atoms with van der Waals surface area (Å²) in [6, 6.07) is 7.75. The van der Waals surface area contributed by atoms with Gasteiger partial charge in [-0.05, 0) is 19.1 Å². The fourth-order valence-electron chi connectivity index (χ4n) is 2.16. The highest BCUT2D eigenvalue weighted by Crippen LogP contribution is 2.13. The molecule has 1 aliphatic heterocycles. The molecule has 19 heavy (non-hydrogen) atoms. The number of fused-ring (bicyclic) bond motifs is 1. The first-order chi connectivity index (χ1) is 9.31. The van der Waals surface area contributed by atoms with Gasteiger partial charge in [-0.25, -0.2) is 9.97 Å². The molecule has 2 heterocycles. The summed E-state index contributed by atoms with van der Waals surface area (Å²) < 4.78 is 11.4. The molecule has 0 bridgehead atoms. The van der Waals surface area contributed by atoms with Gasteiger partial charge >= 0.3 is 0 Å². The average molecular weight is 259 g/mol. The first-order valence-electron chi connectivity index (χ1n) is 6.52. The van der Waals surface area contributed by atoms with Gasteiger partial charge in [0.2, 0.25) is 5.88 Å². The molecule has 0 aliphatic carbocycles. The quantitative estimate of drug-likeness (QED) is 0.902. The van der Waals surface area contributed by atoms with Crippen molar-refractivity contribution in [2.45, 2.75) is 19.1 Å². The van der Waals surface area contributed by atoms with Crippen molar-refractivity contribution in [3.8, 4) is 5.88 Å². The van der Waals surface area contributed by atoms with E-state index in [1.807, 2.05) is 24.3 Å². The van der Waals surface area contributed by atoms with Gasteiger partial charge in [-0.1, -0.05) is 12.1 Å². The van der Waals surface area contributed by atoms with E-state index in [0.717, 1.165) is 24.1 Å². The summed E-state index contributed by atoms with van der Waals surface area (Å²) in [5.41, 5.74) is 1.72. The van der Waals surface area contributed by atoms with Crippen LogP contribution < -0.4 is 10.1 Å². The number of nitrogens with zero attached hydrogens (tertiary/aromatic N) is 2. The predicted octanol–water partition coefficient (Wildman–Crippen LogP) is 1.39. The van der Waals surface area contributed by atoms with Crippen molar-refractivity contribution < 1.29 is 9.47 Å². The van der Waals surface area contributed by atoms with Crippen LogP contribution in [0.5, 0.6) is 5.88 Å². The summed E-state index contributed by atoms with van der Waals surface area (Å²) in [5.74, 6) is 0.542. The van der Waals surface area contributed by atoms with Gasteiger partial charge < -0.3 is 14.8 Å². The molecule has 5 nitrogen and oxygen atoms in total. The number of rotatable bonds is 3. The molecule has 1 N–H and O–H groups in total. The molecule has 1 saturated heterocycles. The zero-order chi connectivity index (χ0) is 13.1. The van der Waals surface area contributed by atoms with E-state index in [-0.39, 0.29) is 12.2 Å². The van der Waals surface area contributed by atoms with Gasteiger partial charge in [-0.3, -0.25) is 0 Å². The number of ether oxygens (including phenoxy) is 2. The summed E-state index contributed by atoms with van der Waals surface area (Å²) in [7, 11) is 0. The lowest BCUT2D eigenvalue weighted by molar-refractivity contribution is -0.0476. The Hall–Kier alpha value is -1.72. The minimum Gasteiger partial charge on any atom is -0.474 e. The van der Waals surface area contributed by atoms with Crippen molar-refractivity contribution in [1.29, 1.82) is 0 Å². The van der Waals surface area contributed by atoms with Gasteiger partial charge in [0, 0.05) is 13.1 Å². The molecule has 5 heteroatoms. The standard InChI is InChI=1S/C14H17N3O2/c1-10-6-15-7-11(19-10)9-18-14-8-16-12-4-2-3-5-13(12)17-14/h2-5,8,10-11,15H,6-7,9H2,1H3. The molecular formula is C14H17N3O2. The zero-order valence-electron chi connectivity index (χ0n) is 10.9. The summed E-state index contributed by atoms with van der Waals surface area (Å²) in [6.07, 6.45) is 1.95. The lowest BCUT2D eigenvalue weighted by Gasteiger charge is -2.28. The minimum absolute atomic E-state index is 0.0667. The third-order valence-corrected chi connectivity index (χ3v) is 3.07. The molecule has 0 saturated carbocycles. The first-order valence-corrected chi connectivity index (χ1v) is 6.52. The highest BCUT2D eigenvalue weighted by molar-refractivity contribution is 5.73. The lowest BCUT2D eigenvalue weighted by Crippen LogP contribution is -2.45. The van der Waals surface area contributed by atoms with Crippen LogP contribution in [-0.4, -0.2) is 41.9 Å². The highest BCUT2D eigenvalue weighted by Gasteiger charge is 2.19. The Kier molecular flexibility index (Phi) is 3.57. The Morgan fingerprint density at radius 2 is 2.16 bits per heavy atom. The van der Waals surface area contributed by atoms with Crippen LogP contribution in [0.15, 0.2) is 30.5 Å². The van der Waals surface area contributed by atoms with Crippen LogP contribution in [0.1, 0.15) is 6.92 Å². The van der Waals surface area contributed by atoms with Gasteiger partial charge in [-0.15, -0.1) is 0 Å². The van der Waals surface area contributed by atoms with E-state index in [1.54, 1.807) is 6.20 Å². The first kappa shape index (κ1) is 12.3.